The molecule has 2 aromatic heterocycles. The van der Waals surface area contributed by atoms with Gasteiger partial charge in [-0.1, -0.05) is 17.4 Å². The third kappa shape index (κ3) is 4.29. The van der Waals surface area contributed by atoms with Crippen LogP contribution >= 0.6 is 38.6 Å². The van der Waals surface area contributed by atoms with Crippen LogP contribution in [0.3, 0.4) is 0 Å². The second kappa shape index (κ2) is 8.43. The number of carbonyl (C=O) groups excluding carboxylic acids is 1. The van der Waals surface area contributed by atoms with Crippen LogP contribution in [0.4, 0.5) is 5.13 Å². The first-order valence-electron chi connectivity index (χ1n) is 7.38. The molecule has 0 atom stereocenters. The van der Waals surface area contributed by atoms with Gasteiger partial charge in [0.15, 0.2) is 16.5 Å². The van der Waals surface area contributed by atoms with E-state index in [9.17, 15) is 4.79 Å². The quantitative estimate of drug-likeness (QED) is 0.549. The lowest BCUT2D eigenvalue weighted by atomic mass is 10.2. The largest absolute Gasteiger partial charge is 0.493 e. The molecular weight excluding hydrogens is 438 g/mol. The van der Waals surface area contributed by atoms with E-state index in [0.29, 0.717) is 16.6 Å². The summed E-state index contributed by atoms with van der Waals surface area (Å²) in [6.45, 7) is 0. The van der Waals surface area contributed by atoms with Gasteiger partial charge < -0.3 is 9.47 Å². The van der Waals surface area contributed by atoms with Crippen LogP contribution in [0.1, 0.15) is 5.56 Å². The summed E-state index contributed by atoms with van der Waals surface area (Å²) in [5.41, 5.74) is 0.793. The number of methoxy groups -OCH3 is 2. The Balaban J connectivity index is 1.69. The highest BCUT2D eigenvalue weighted by Crippen LogP contribution is 2.36. The number of hydrogen-bond donors (Lipinski definition) is 1. The first kappa shape index (κ1) is 18.6. The molecule has 0 unspecified atom stereocenters. The fourth-order valence-electron chi connectivity index (χ4n) is 2.13. The maximum absolute atomic E-state index is 12.1. The van der Waals surface area contributed by atoms with Crippen LogP contribution in [0.2, 0.25) is 0 Å². The van der Waals surface area contributed by atoms with Gasteiger partial charge in [0.25, 0.3) is 0 Å². The van der Waals surface area contributed by atoms with Crippen LogP contribution in [0.15, 0.2) is 40.2 Å². The lowest BCUT2D eigenvalue weighted by molar-refractivity contribution is -0.111. The molecule has 1 N–H and O–H groups in total. The molecule has 0 saturated carbocycles. The van der Waals surface area contributed by atoms with E-state index < -0.39 is 0 Å². The van der Waals surface area contributed by atoms with Gasteiger partial charge >= 0.3 is 0 Å². The van der Waals surface area contributed by atoms with E-state index in [1.54, 1.807) is 37.7 Å². The molecule has 134 valence electrons. The van der Waals surface area contributed by atoms with E-state index in [1.807, 2.05) is 23.6 Å². The zero-order valence-electron chi connectivity index (χ0n) is 13.9. The third-order valence-corrected chi connectivity index (χ3v) is 5.74. The number of amides is 1. The minimum absolute atomic E-state index is 0.287. The SMILES string of the molecule is COc1cc(/C=C/C(=O)Nc2nnc(-c3cccs3)s2)cc(Br)c1OC. The normalized spacial score (nSPS) is 10.9. The Labute approximate surface area is 166 Å². The molecule has 26 heavy (non-hydrogen) atoms. The highest BCUT2D eigenvalue weighted by molar-refractivity contribution is 9.10. The first-order chi connectivity index (χ1) is 12.6. The molecule has 3 rings (SSSR count). The van der Waals surface area contributed by atoms with Crippen molar-refractivity contribution in [2.24, 2.45) is 0 Å². The van der Waals surface area contributed by atoms with Crippen LogP contribution in [0.5, 0.6) is 11.5 Å². The van der Waals surface area contributed by atoms with Crippen molar-refractivity contribution < 1.29 is 14.3 Å². The van der Waals surface area contributed by atoms with E-state index >= 15 is 0 Å². The van der Waals surface area contributed by atoms with E-state index in [0.717, 1.165) is 19.9 Å². The van der Waals surface area contributed by atoms with Gasteiger partial charge in [-0.15, -0.1) is 21.5 Å². The monoisotopic (exact) mass is 451 g/mol. The van der Waals surface area contributed by atoms with Crippen molar-refractivity contribution in [1.82, 2.24) is 10.2 Å². The summed E-state index contributed by atoms with van der Waals surface area (Å²) in [5, 5.41) is 14.0. The molecule has 2 heterocycles. The zero-order chi connectivity index (χ0) is 18.5. The standard InChI is InChI=1S/C17H14BrN3O3S2/c1-23-12-9-10(8-11(18)15(12)24-2)5-6-14(22)19-17-21-20-16(26-17)13-4-3-7-25-13/h3-9H,1-2H3,(H,19,21,22)/b6-5+. The number of ether oxygens (including phenoxy) is 2. The van der Waals surface area contributed by atoms with E-state index in [2.05, 4.69) is 31.4 Å². The summed E-state index contributed by atoms with van der Waals surface area (Å²) < 4.78 is 11.3. The van der Waals surface area contributed by atoms with E-state index in [-0.39, 0.29) is 5.91 Å². The number of nitrogens with zero attached hydrogens (tertiary/aromatic N) is 2. The van der Waals surface area contributed by atoms with Gasteiger partial charge in [0, 0.05) is 6.08 Å². The molecule has 0 aliphatic carbocycles. The smallest absolute Gasteiger partial charge is 0.250 e. The average molecular weight is 452 g/mol. The molecule has 0 aliphatic rings. The van der Waals surface area contributed by atoms with Gasteiger partial charge in [0.05, 0.1) is 23.6 Å². The minimum atomic E-state index is -0.287. The van der Waals surface area contributed by atoms with Gasteiger partial charge in [-0.2, -0.15) is 0 Å². The summed E-state index contributed by atoms with van der Waals surface area (Å²) in [7, 11) is 3.13. The van der Waals surface area contributed by atoms with Crippen LogP contribution in [-0.2, 0) is 4.79 Å². The number of hydrogen-bond acceptors (Lipinski definition) is 7. The highest BCUT2D eigenvalue weighted by atomic mass is 79.9. The molecule has 0 radical (unpaired) electrons. The number of rotatable bonds is 6. The molecule has 0 bridgehead atoms. The Hall–Kier alpha value is -2.23. The lowest BCUT2D eigenvalue weighted by Gasteiger charge is -2.10. The van der Waals surface area contributed by atoms with Gasteiger partial charge in [0.1, 0.15) is 0 Å². The van der Waals surface area contributed by atoms with E-state index in [1.165, 1.54) is 17.4 Å². The number of halogens is 1. The van der Waals surface area contributed by atoms with Gasteiger partial charge in [-0.3, -0.25) is 10.1 Å². The van der Waals surface area contributed by atoms with Crippen molar-refractivity contribution in [2.75, 3.05) is 19.5 Å². The molecular formula is C17H14BrN3O3S2. The summed E-state index contributed by atoms with van der Waals surface area (Å²) in [4.78, 5) is 13.1. The lowest BCUT2D eigenvalue weighted by Crippen LogP contribution is -2.07. The Morgan fingerprint density at radius 3 is 2.81 bits per heavy atom. The van der Waals surface area contributed by atoms with Crippen molar-refractivity contribution in [2.45, 2.75) is 0 Å². The van der Waals surface area contributed by atoms with Crippen LogP contribution in [0, 0.1) is 0 Å². The van der Waals surface area contributed by atoms with Gasteiger partial charge in [-0.05, 0) is 51.1 Å². The molecule has 0 spiro atoms. The maximum Gasteiger partial charge on any atom is 0.250 e. The second-order valence-corrected chi connectivity index (χ2v) is 7.73. The Morgan fingerprint density at radius 2 is 2.12 bits per heavy atom. The van der Waals surface area contributed by atoms with Crippen molar-refractivity contribution in [3.8, 4) is 21.4 Å². The fourth-order valence-corrected chi connectivity index (χ4v) is 4.29. The van der Waals surface area contributed by atoms with Crippen LogP contribution in [0.25, 0.3) is 16.0 Å². The van der Waals surface area contributed by atoms with Crippen LogP contribution in [-0.4, -0.2) is 30.3 Å². The Morgan fingerprint density at radius 1 is 1.27 bits per heavy atom. The van der Waals surface area contributed by atoms with Crippen molar-refractivity contribution in [3.05, 3.63) is 45.8 Å². The Bertz CT molecular complexity index is 939. The number of benzene rings is 1. The van der Waals surface area contributed by atoms with Crippen LogP contribution < -0.4 is 14.8 Å². The number of carbonyl (C=O) groups is 1. The number of aromatic nitrogens is 2. The first-order valence-corrected chi connectivity index (χ1v) is 9.87. The topological polar surface area (TPSA) is 73.3 Å². The molecule has 1 amide bonds. The predicted octanol–water partition coefficient (Wildman–Crippen LogP) is 4.70. The second-order valence-electron chi connectivity index (χ2n) is 4.95. The molecule has 0 saturated heterocycles. The average Bonchev–Trinajstić information content (AvgIpc) is 3.30. The summed E-state index contributed by atoms with van der Waals surface area (Å²) in [5.74, 6) is 0.889. The van der Waals surface area contributed by atoms with E-state index in [4.69, 9.17) is 9.47 Å². The summed E-state index contributed by atoms with van der Waals surface area (Å²) >= 11 is 6.34. The number of anilines is 1. The fraction of sp³-hybridized carbons (Fsp3) is 0.118. The van der Waals surface area contributed by atoms with Crippen molar-refractivity contribution in [3.63, 3.8) is 0 Å². The molecule has 0 fully saturated rings. The predicted molar refractivity (Wildman–Crippen MR) is 108 cm³/mol. The Kier molecular flexibility index (Phi) is 6.02. The highest BCUT2D eigenvalue weighted by Gasteiger charge is 2.11. The van der Waals surface area contributed by atoms with Crippen molar-refractivity contribution in [1.29, 1.82) is 0 Å². The summed E-state index contributed by atoms with van der Waals surface area (Å²) in [6, 6.07) is 7.54. The molecule has 3 aromatic rings. The van der Waals surface area contributed by atoms with Gasteiger partial charge in [0.2, 0.25) is 11.0 Å². The van der Waals surface area contributed by atoms with Crippen molar-refractivity contribution >= 4 is 55.7 Å². The molecule has 1 aromatic carbocycles. The summed E-state index contributed by atoms with van der Waals surface area (Å²) in [6.07, 6.45) is 3.11. The molecule has 0 aliphatic heterocycles. The number of thiophene rings is 1. The minimum Gasteiger partial charge on any atom is -0.493 e. The maximum atomic E-state index is 12.1. The van der Waals surface area contributed by atoms with Gasteiger partial charge in [-0.25, -0.2) is 0 Å². The number of nitrogens with one attached hydrogen (secondary N) is 1. The molecule has 6 nitrogen and oxygen atoms in total. The molecule has 9 heteroatoms. The third-order valence-electron chi connectivity index (χ3n) is 3.27. The zero-order valence-corrected chi connectivity index (χ0v) is 17.1.